The molecule has 0 amide bonds. The molecule has 0 spiro atoms. The molecule has 74 valence electrons. The first-order chi connectivity index (χ1) is 6.50. The van der Waals surface area contributed by atoms with Gasteiger partial charge in [0.15, 0.2) is 15.6 Å². The Morgan fingerprint density at radius 1 is 1.29 bits per heavy atom. The molecule has 0 saturated heterocycles. The normalized spacial score (nSPS) is 19.1. The highest BCUT2D eigenvalue weighted by Crippen LogP contribution is 2.25. The van der Waals surface area contributed by atoms with Crippen molar-refractivity contribution >= 4 is 15.6 Å². The maximum absolute atomic E-state index is 12.8. The van der Waals surface area contributed by atoms with Gasteiger partial charge in [0.2, 0.25) is 0 Å². The molecule has 1 aromatic carbocycles. The number of ketones is 1. The second-order valence-corrected chi connectivity index (χ2v) is 5.21. The third kappa shape index (κ3) is 1.33. The number of carbonyl (C=O) groups excluding carboxylic acids is 1. The molecule has 1 aliphatic rings. The van der Waals surface area contributed by atoms with Gasteiger partial charge in [0.05, 0.1) is 10.6 Å². The van der Waals surface area contributed by atoms with E-state index in [1.165, 1.54) is 6.07 Å². The van der Waals surface area contributed by atoms with Gasteiger partial charge in [-0.05, 0) is 18.2 Å². The van der Waals surface area contributed by atoms with Gasteiger partial charge in [-0.15, -0.1) is 0 Å². The Morgan fingerprint density at radius 2 is 2.00 bits per heavy atom. The fraction of sp³-hybridized carbons (Fsp3) is 0.222. The molecular weight excluding hydrogens is 207 g/mol. The summed E-state index contributed by atoms with van der Waals surface area (Å²) < 4.78 is 35.7. The molecule has 3 nitrogen and oxygen atoms in total. The molecule has 0 aromatic heterocycles. The van der Waals surface area contributed by atoms with E-state index in [1.54, 1.807) is 0 Å². The van der Waals surface area contributed by atoms with Crippen molar-refractivity contribution in [2.75, 3.05) is 5.75 Å². The van der Waals surface area contributed by atoms with Crippen LogP contribution >= 0.6 is 0 Å². The lowest BCUT2D eigenvalue weighted by Crippen LogP contribution is -2.21. The minimum Gasteiger partial charge on any atom is -0.294 e. The molecule has 0 N–H and O–H groups in total. The van der Waals surface area contributed by atoms with Gasteiger partial charge in [0.1, 0.15) is 5.82 Å². The van der Waals surface area contributed by atoms with Gasteiger partial charge in [0, 0.05) is 12.0 Å². The topological polar surface area (TPSA) is 51.2 Å². The van der Waals surface area contributed by atoms with Crippen LogP contribution in [0.1, 0.15) is 16.8 Å². The maximum Gasteiger partial charge on any atom is 0.179 e. The quantitative estimate of drug-likeness (QED) is 0.651. The van der Waals surface area contributed by atoms with Gasteiger partial charge in [-0.25, -0.2) is 12.8 Å². The summed E-state index contributed by atoms with van der Waals surface area (Å²) in [5, 5.41) is 0. The Bertz CT molecular complexity index is 505. The molecule has 5 heteroatoms. The summed E-state index contributed by atoms with van der Waals surface area (Å²) in [6, 6.07) is 3.23. The first-order valence-corrected chi connectivity index (χ1v) is 5.71. The molecule has 14 heavy (non-hydrogen) atoms. The van der Waals surface area contributed by atoms with Crippen molar-refractivity contribution in [3.05, 3.63) is 29.6 Å². The third-order valence-corrected chi connectivity index (χ3v) is 3.93. The second kappa shape index (κ2) is 2.88. The SMILES string of the molecule is O=C1CCS(=O)(=O)c2cc(F)ccc21. The summed E-state index contributed by atoms with van der Waals surface area (Å²) in [6.07, 6.45) is -0.0129. The van der Waals surface area contributed by atoms with E-state index in [9.17, 15) is 17.6 Å². The Morgan fingerprint density at radius 3 is 2.71 bits per heavy atom. The predicted octanol–water partition coefficient (Wildman–Crippen LogP) is 1.19. The van der Waals surface area contributed by atoms with Crippen molar-refractivity contribution in [2.45, 2.75) is 11.3 Å². The molecule has 0 aliphatic carbocycles. The number of rotatable bonds is 0. The molecule has 0 bridgehead atoms. The zero-order valence-corrected chi connectivity index (χ0v) is 7.97. The molecule has 0 radical (unpaired) electrons. The molecule has 0 saturated carbocycles. The van der Waals surface area contributed by atoms with Crippen LogP contribution in [0.15, 0.2) is 23.1 Å². The van der Waals surface area contributed by atoms with Crippen LogP contribution in [0.3, 0.4) is 0 Å². The van der Waals surface area contributed by atoms with E-state index < -0.39 is 15.7 Å². The summed E-state index contributed by atoms with van der Waals surface area (Å²) >= 11 is 0. The summed E-state index contributed by atoms with van der Waals surface area (Å²) in [5.41, 5.74) is 0.109. The lowest BCUT2D eigenvalue weighted by molar-refractivity contribution is 0.0983. The fourth-order valence-electron chi connectivity index (χ4n) is 1.46. The van der Waals surface area contributed by atoms with Gasteiger partial charge in [-0.2, -0.15) is 0 Å². The van der Waals surface area contributed by atoms with Crippen LogP contribution < -0.4 is 0 Å². The smallest absolute Gasteiger partial charge is 0.179 e. The number of Topliss-reactive ketones (excluding diaryl/α,β-unsaturated/α-hetero) is 1. The third-order valence-electron chi connectivity index (χ3n) is 2.18. The van der Waals surface area contributed by atoms with Gasteiger partial charge in [0.25, 0.3) is 0 Å². The molecule has 1 heterocycles. The Labute approximate surface area is 80.5 Å². The van der Waals surface area contributed by atoms with Crippen LogP contribution in [0.2, 0.25) is 0 Å². The number of halogens is 1. The first-order valence-electron chi connectivity index (χ1n) is 4.06. The highest BCUT2D eigenvalue weighted by molar-refractivity contribution is 7.91. The van der Waals surface area contributed by atoms with Crippen LogP contribution in [0.25, 0.3) is 0 Å². The summed E-state index contributed by atoms with van der Waals surface area (Å²) in [6.45, 7) is 0. The number of hydrogen-bond acceptors (Lipinski definition) is 3. The standard InChI is InChI=1S/C9H7FO3S/c10-6-1-2-7-8(11)3-4-14(12,13)9(7)5-6/h1-2,5H,3-4H2. The molecule has 2 rings (SSSR count). The summed E-state index contributed by atoms with van der Waals surface area (Å²) in [4.78, 5) is 11.1. The number of fused-ring (bicyclic) bond motifs is 1. The molecule has 0 unspecified atom stereocenters. The van der Waals surface area contributed by atoms with Crippen LogP contribution in [0.5, 0.6) is 0 Å². The monoisotopic (exact) mass is 214 g/mol. The van der Waals surface area contributed by atoms with Crippen molar-refractivity contribution in [1.29, 1.82) is 0 Å². The number of benzene rings is 1. The lowest BCUT2D eigenvalue weighted by Gasteiger charge is -2.14. The molecular formula is C9H7FO3S. The maximum atomic E-state index is 12.8. The van der Waals surface area contributed by atoms with Crippen molar-refractivity contribution in [1.82, 2.24) is 0 Å². The van der Waals surface area contributed by atoms with Gasteiger partial charge >= 0.3 is 0 Å². The molecule has 0 fully saturated rings. The highest BCUT2D eigenvalue weighted by Gasteiger charge is 2.28. The van der Waals surface area contributed by atoms with E-state index in [1.807, 2.05) is 0 Å². The van der Waals surface area contributed by atoms with E-state index >= 15 is 0 Å². The average molecular weight is 214 g/mol. The van der Waals surface area contributed by atoms with Gasteiger partial charge < -0.3 is 0 Å². The predicted molar refractivity (Wildman–Crippen MR) is 47.4 cm³/mol. The first kappa shape index (κ1) is 9.33. The van der Waals surface area contributed by atoms with Crippen molar-refractivity contribution in [2.24, 2.45) is 0 Å². The van der Waals surface area contributed by atoms with Gasteiger partial charge in [-0.3, -0.25) is 4.79 Å². The number of carbonyl (C=O) groups is 1. The minimum atomic E-state index is -3.46. The van der Waals surface area contributed by atoms with Crippen molar-refractivity contribution in [3.63, 3.8) is 0 Å². The zero-order valence-electron chi connectivity index (χ0n) is 7.16. The van der Waals surface area contributed by atoms with E-state index in [4.69, 9.17) is 0 Å². The van der Waals surface area contributed by atoms with E-state index in [0.717, 1.165) is 12.1 Å². The van der Waals surface area contributed by atoms with Crippen LogP contribution in [-0.4, -0.2) is 20.0 Å². The van der Waals surface area contributed by atoms with Crippen molar-refractivity contribution < 1.29 is 17.6 Å². The largest absolute Gasteiger partial charge is 0.294 e. The van der Waals surface area contributed by atoms with Gasteiger partial charge in [-0.1, -0.05) is 0 Å². The van der Waals surface area contributed by atoms with E-state index in [-0.39, 0.29) is 28.4 Å². The Balaban J connectivity index is 2.77. The van der Waals surface area contributed by atoms with Crippen molar-refractivity contribution in [3.8, 4) is 0 Å². The van der Waals surface area contributed by atoms with E-state index in [2.05, 4.69) is 0 Å². The second-order valence-electron chi connectivity index (χ2n) is 3.13. The molecule has 1 aromatic rings. The highest BCUT2D eigenvalue weighted by atomic mass is 32.2. The summed E-state index contributed by atoms with van der Waals surface area (Å²) in [7, 11) is -3.46. The van der Waals surface area contributed by atoms with E-state index in [0.29, 0.717) is 0 Å². The summed E-state index contributed by atoms with van der Waals surface area (Å²) in [5.74, 6) is -1.10. The number of hydrogen-bond donors (Lipinski definition) is 0. The van der Waals surface area contributed by atoms with Crippen LogP contribution in [0.4, 0.5) is 4.39 Å². The minimum absolute atomic E-state index is 0.0129. The number of sulfone groups is 1. The fourth-order valence-corrected chi connectivity index (χ4v) is 2.94. The van der Waals surface area contributed by atoms with Crippen LogP contribution in [-0.2, 0) is 9.84 Å². The van der Waals surface area contributed by atoms with Crippen LogP contribution in [0, 0.1) is 5.82 Å². The Kier molecular flexibility index (Phi) is 1.92. The molecule has 1 aliphatic heterocycles. The average Bonchev–Trinajstić information content (AvgIpc) is 2.12. The zero-order chi connectivity index (χ0) is 10.3. The lowest BCUT2D eigenvalue weighted by atomic mass is 10.1. The molecule has 0 atom stereocenters. The Hall–Kier alpha value is -1.23.